The van der Waals surface area contributed by atoms with E-state index in [0.717, 1.165) is 15.7 Å². The molecule has 66 valence electrons. The van der Waals surface area contributed by atoms with Gasteiger partial charge in [0.15, 0.2) is 6.29 Å². The van der Waals surface area contributed by atoms with Crippen molar-refractivity contribution in [3.63, 3.8) is 0 Å². The summed E-state index contributed by atoms with van der Waals surface area (Å²) in [5, 5.41) is 2.61. The van der Waals surface area contributed by atoms with Crippen LogP contribution in [0, 0.1) is 0 Å². The quantitative estimate of drug-likeness (QED) is 0.771. The summed E-state index contributed by atoms with van der Waals surface area (Å²) in [7, 11) is 0. The maximum absolute atomic E-state index is 10.8. The van der Waals surface area contributed by atoms with Gasteiger partial charge in [0.2, 0.25) is 0 Å². The van der Waals surface area contributed by atoms with Crippen LogP contribution in [-0.2, 0) is 0 Å². The van der Waals surface area contributed by atoms with Crippen LogP contribution in [0.25, 0.3) is 9.40 Å². The van der Waals surface area contributed by atoms with Crippen LogP contribution in [-0.4, -0.2) is 12.2 Å². The summed E-state index contributed by atoms with van der Waals surface area (Å²) in [5.41, 5.74) is 5.74. The monoisotopic (exact) mass is 211 g/mol. The molecule has 2 heterocycles. The van der Waals surface area contributed by atoms with E-state index in [9.17, 15) is 9.59 Å². The smallest absolute Gasteiger partial charge is 0.258 e. The topological polar surface area (TPSA) is 60.2 Å². The summed E-state index contributed by atoms with van der Waals surface area (Å²) < 4.78 is 0.968. The lowest BCUT2D eigenvalue weighted by atomic mass is 10.2. The van der Waals surface area contributed by atoms with Gasteiger partial charge in [0.05, 0.1) is 8.89 Å². The number of fused-ring (bicyclic) bond motifs is 1. The first kappa shape index (κ1) is 8.40. The third kappa shape index (κ3) is 1.26. The zero-order valence-corrected chi connectivity index (χ0v) is 8.08. The fourth-order valence-corrected chi connectivity index (χ4v) is 3.15. The average molecular weight is 211 g/mol. The van der Waals surface area contributed by atoms with Gasteiger partial charge in [-0.1, -0.05) is 0 Å². The Balaban J connectivity index is 2.69. The fourth-order valence-electron chi connectivity index (χ4n) is 1.06. The molecular formula is C8H5NO2S2. The molecule has 3 nitrogen and oxygen atoms in total. The largest absolute Gasteiger partial charge is 0.365 e. The fraction of sp³-hybridized carbons (Fsp3) is 0. The Morgan fingerprint density at radius 1 is 1.54 bits per heavy atom. The molecule has 0 aliphatic rings. The van der Waals surface area contributed by atoms with Crippen LogP contribution in [0.3, 0.4) is 0 Å². The molecule has 0 radical (unpaired) electrons. The highest BCUT2D eigenvalue weighted by Gasteiger charge is 2.10. The predicted octanol–water partition coefficient (Wildman–Crippen LogP) is 1.87. The summed E-state index contributed by atoms with van der Waals surface area (Å²) in [6.07, 6.45) is 0.788. The van der Waals surface area contributed by atoms with Crippen molar-refractivity contribution in [2.24, 2.45) is 5.73 Å². The molecule has 0 atom stereocenters. The van der Waals surface area contributed by atoms with E-state index in [2.05, 4.69) is 0 Å². The van der Waals surface area contributed by atoms with E-state index in [1.165, 1.54) is 22.7 Å². The summed E-state index contributed by atoms with van der Waals surface area (Å²) in [5.74, 6) is -0.440. The van der Waals surface area contributed by atoms with Gasteiger partial charge < -0.3 is 5.73 Å². The molecule has 0 aromatic carbocycles. The lowest BCUT2D eigenvalue weighted by molar-refractivity contribution is 0.100. The third-order valence-corrected chi connectivity index (χ3v) is 3.96. The SMILES string of the molecule is NC(=O)c1cc2c(C=O)csc2s1. The van der Waals surface area contributed by atoms with Crippen LogP contribution in [0.15, 0.2) is 11.4 Å². The minimum absolute atomic E-state index is 0.440. The van der Waals surface area contributed by atoms with Gasteiger partial charge in [0.25, 0.3) is 5.91 Å². The molecule has 2 aromatic rings. The number of nitrogens with two attached hydrogens (primary N) is 1. The lowest BCUT2D eigenvalue weighted by Crippen LogP contribution is -2.08. The van der Waals surface area contributed by atoms with Gasteiger partial charge in [-0.05, 0) is 6.07 Å². The standard InChI is InChI=1S/C8H5NO2S2/c9-7(11)6-1-5-4(2-10)3-12-8(5)13-6/h1-3H,(H2,9,11). The molecule has 0 saturated heterocycles. The van der Waals surface area contributed by atoms with Crippen molar-refractivity contribution >= 4 is 44.3 Å². The van der Waals surface area contributed by atoms with Crippen LogP contribution in [0.1, 0.15) is 20.0 Å². The van der Waals surface area contributed by atoms with Gasteiger partial charge in [-0.25, -0.2) is 0 Å². The molecule has 0 aliphatic heterocycles. The van der Waals surface area contributed by atoms with Gasteiger partial charge in [-0.2, -0.15) is 0 Å². The Bertz CT molecular complexity index is 483. The highest BCUT2D eigenvalue weighted by molar-refractivity contribution is 7.38. The maximum atomic E-state index is 10.8. The highest BCUT2D eigenvalue weighted by atomic mass is 32.2. The Labute approximate surface area is 81.8 Å². The van der Waals surface area contributed by atoms with E-state index in [-0.39, 0.29) is 0 Å². The van der Waals surface area contributed by atoms with Crippen LogP contribution >= 0.6 is 22.7 Å². The Morgan fingerprint density at radius 2 is 2.31 bits per heavy atom. The number of aldehydes is 1. The minimum atomic E-state index is -0.440. The number of hydrogen-bond acceptors (Lipinski definition) is 4. The minimum Gasteiger partial charge on any atom is -0.365 e. The molecule has 0 unspecified atom stereocenters. The number of primary amides is 1. The average Bonchev–Trinajstić information content (AvgIpc) is 2.60. The second kappa shape index (κ2) is 2.93. The molecule has 13 heavy (non-hydrogen) atoms. The summed E-state index contributed by atoms with van der Waals surface area (Å²) >= 11 is 2.78. The van der Waals surface area contributed by atoms with Gasteiger partial charge in [0, 0.05) is 16.3 Å². The molecule has 0 fully saturated rings. The van der Waals surface area contributed by atoms with Crippen molar-refractivity contribution in [2.75, 3.05) is 0 Å². The molecule has 0 bridgehead atoms. The van der Waals surface area contributed by atoms with Crippen LogP contribution < -0.4 is 5.73 Å². The van der Waals surface area contributed by atoms with Crippen LogP contribution in [0.2, 0.25) is 0 Å². The number of amides is 1. The number of thiophene rings is 2. The van der Waals surface area contributed by atoms with E-state index in [1.54, 1.807) is 11.4 Å². The van der Waals surface area contributed by atoms with Crippen molar-refractivity contribution in [1.29, 1.82) is 0 Å². The first-order chi connectivity index (χ1) is 6.22. The second-order valence-electron chi connectivity index (χ2n) is 2.48. The zero-order valence-electron chi connectivity index (χ0n) is 6.44. The van der Waals surface area contributed by atoms with Crippen molar-refractivity contribution in [2.45, 2.75) is 0 Å². The first-order valence-corrected chi connectivity index (χ1v) is 5.18. The maximum Gasteiger partial charge on any atom is 0.258 e. The normalized spacial score (nSPS) is 10.5. The number of carbonyl (C=O) groups is 2. The van der Waals surface area contributed by atoms with Gasteiger partial charge >= 0.3 is 0 Å². The predicted molar refractivity (Wildman–Crippen MR) is 53.6 cm³/mol. The lowest BCUT2D eigenvalue weighted by Gasteiger charge is -1.82. The molecule has 0 saturated carbocycles. The summed E-state index contributed by atoms with van der Waals surface area (Å²) in [4.78, 5) is 21.9. The van der Waals surface area contributed by atoms with E-state index < -0.39 is 5.91 Å². The molecule has 0 aliphatic carbocycles. The number of carbonyl (C=O) groups excluding carboxylic acids is 2. The molecule has 5 heteroatoms. The molecule has 2 aromatic heterocycles. The second-order valence-corrected chi connectivity index (χ2v) is 4.68. The van der Waals surface area contributed by atoms with Crippen molar-refractivity contribution in [3.8, 4) is 0 Å². The van der Waals surface area contributed by atoms with Crippen LogP contribution in [0.5, 0.6) is 0 Å². The van der Waals surface area contributed by atoms with Crippen molar-refractivity contribution in [1.82, 2.24) is 0 Å². The third-order valence-electron chi connectivity index (χ3n) is 1.67. The van der Waals surface area contributed by atoms with Gasteiger partial charge in [-0.3, -0.25) is 9.59 Å². The van der Waals surface area contributed by atoms with E-state index in [0.29, 0.717) is 10.4 Å². The molecule has 2 N–H and O–H groups in total. The highest BCUT2D eigenvalue weighted by Crippen LogP contribution is 2.32. The molecule has 2 rings (SSSR count). The zero-order chi connectivity index (χ0) is 9.42. The summed E-state index contributed by atoms with van der Waals surface area (Å²) in [6.45, 7) is 0. The van der Waals surface area contributed by atoms with E-state index >= 15 is 0 Å². The molecule has 1 amide bonds. The molecular weight excluding hydrogens is 206 g/mol. The van der Waals surface area contributed by atoms with Crippen molar-refractivity contribution < 1.29 is 9.59 Å². The number of hydrogen-bond donors (Lipinski definition) is 1. The number of rotatable bonds is 2. The van der Waals surface area contributed by atoms with Crippen molar-refractivity contribution in [3.05, 3.63) is 21.9 Å². The molecule has 0 spiro atoms. The van der Waals surface area contributed by atoms with Crippen LogP contribution in [0.4, 0.5) is 0 Å². The Kier molecular flexibility index (Phi) is 1.90. The van der Waals surface area contributed by atoms with E-state index in [4.69, 9.17) is 5.73 Å². The Hall–Kier alpha value is -1.20. The Morgan fingerprint density at radius 3 is 2.92 bits per heavy atom. The summed E-state index contributed by atoms with van der Waals surface area (Å²) in [6, 6.07) is 1.67. The van der Waals surface area contributed by atoms with Gasteiger partial charge in [-0.15, -0.1) is 22.7 Å². The first-order valence-electron chi connectivity index (χ1n) is 3.48. The van der Waals surface area contributed by atoms with E-state index in [1.807, 2.05) is 0 Å². The van der Waals surface area contributed by atoms with Gasteiger partial charge in [0.1, 0.15) is 0 Å².